The number of anilines is 1. The van der Waals surface area contributed by atoms with Crippen LogP contribution in [-0.2, 0) is 22.8 Å². The molecule has 1 aliphatic heterocycles. The number of benzene rings is 4. The van der Waals surface area contributed by atoms with Gasteiger partial charge in [-0.25, -0.2) is 9.69 Å². The van der Waals surface area contributed by atoms with Crippen LogP contribution >= 0.6 is 15.9 Å². The summed E-state index contributed by atoms with van der Waals surface area (Å²) >= 11 is 3.45. The summed E-state index contributed by atoms with van der Waals surface area (Å²) in [6, 6.07) is 24.3. The van der Waals surface area contributed by atoms with Gasteiger partial charge in [0.25, 0.3) is 17.5 Å². The SMILES string of the molecule is COc1cc(/C=C2\C(=O)NC(=O)N(c3ccc(OCc4ccccc4)cc3)C2=O)cc(Br)c1OCc1ccc([N+](=O)[O-])cc1. The van der Waals surface area contributed by atoms with Crippen LogP contribution in [0.2, 0.25) is 0 Å². The Kier molecular flexibility index (Phi) is 9.01. The van der Waals surface area contributed by atoms with Gasteiger partial charge in [-0.2, -0.15) is 0 Å². The van der Waals surface area contributed by atoms with Crippen molar-refractivity contribution in [2.75, 3.05) is 12.0 Å². The number of carbonyl (C=O) groups is 3. The van der Waals surface area contributed by atoms with Gasteiger partial charge in [-0.1, -0.05) is 30.3 Å². The number of rotatable bonds is 10. The van der Waals surface area contributed by atoms with Crippen molar-refractivity contribution in [3.05, 3.63) is 128 Å². The van der Waals surface area contributed by atoms with E-state index in [1.165, 1.54) is 25.3 Å². The molecule has 222 valence electrons. The van der Waals surface area contributed by atoms with Crippen LogP contribution in [0.15, 0.2) is 101 Å². The third-order valence-corrected chi connectivity index (χ3v) is 7.13. The number of nitro groups is 1. The average Bonchev–Trinajstić information content (AvgIpc) is 3.02. The Hall–Kier alpha value is -5.49. The van der Waals surface area contributed by atoms with E-state index in [1.54, 1.807) is 48.5 Å². The number of nitrogens with zero attached hydrogens (tertiary/aromatic N) is 2. The molecule has 11 nitrogen and oxygen atoms in total. The van der Waals surface area contributed by atoms with Crippen molar-refractivity contribution in [3.63, 3.8) is 0 Å². The minimum Gasteiger partial charge on any atom is -0.493 e. The van der Waals surface area contributed by atoms with Crippen molar-refractivity contribution in [2.45, 2.75) is 13.2 Å². The van der Waals surface area contributed by atoms with Crippen LogP contribution in [0.4, 0.5) is 16.2 Å². The number of amides is 4. The van der Waals surface area contributed by atoms with Crippen LogP contribution in [0.3, 0.4) is 0 Å². The zero-order valence-electron chi connectivity index (χ0n) is 23.2. The highest BCUT2D eigenvalue weighted by Crippen LogP contribution is 2.38. The smallest absolute Gasteiger partial charge is 0.335 e. The van der Waals surface area contributed by atoms with E-state index in [0.29, 0.717) is 39.5 Å². The molecule has 0 atom stereocenters. The van der Waals surface area contributed by atoms with E-state index in [-0.39, 0.29) is 23.6 Å². The van der Waals surface area contributed by atoms with Gasteiger partial charge in [0, 0.05) is 12.1 Å². The Labute approximate surface area is 259 Å². The summed E-state index contributed by atoms with van der Waals surface area (Å²) in [6.07, 6.45) is 1.35. The highest BCUT2D eigenvalue weighted by atomic mass is 79.9. The van der Waals surface area contributed by atoms with E-state index in [1.807, 2.05) is 30.3 Å². The molecule has 4 amide bonds. The van der Waals surface area contributed by atoms with Gasteiger partial charge < -0.3 is 14.2 Å². The first-order valence-corrected chi connectivity index (χ1v) is 13.9. The number of urea groups is 1. The zero-order valence-corrected chi connectivity index (χ0v) is 24.8. The molecular formula is C32H24BrN3O8. The van der Waals surface area contributed by atoms with Crippen molar-refractivity contribution < 1.29 is 33.5 Å². The van der Waals surface area contributed by atoms with Gasteiger partial charge in [-0.05, 0) is 87.2 Å². The molecule has 0 unspecified atom stereocenters. The lowest BCUT2D eigenvalue weighted by molar-refractivity contribution is -0.384. The molecule has 0 radical (unpaired) electrons. The van der Waals surface area contributed by atoms with Gasteiger partial charge in [0.2, 0.25) is 0 Å². The van der Waals surface area contributed by atoms with Gasteiger partial charge in [0.1, 0.15) is 24.5 Å². The van der Waals surface area contributed by atoms with Crippen LogP contribution in [0.25, 0.3) is 6.08 Å². The molecule has 1 aliphatic rings. The summed E-state index contributed by atoms with van der Waals surface area (Å²) in [7, 11) is 1.43. The summed E-state index contributed by atoms with van der Waals surface area (Å²) in [5.41, 5.74) is 2.07. The van der Waals surface area contributed by atoms with Gasteiger partial charge in [-0.15, -0.1) is 0 Å². The number of methoxy groups -OCH3 is 1. The van der Waals surface area contributed by atoms with E-state index in [0.717, 1.165) is 10.5 Å². The third kappa shape index (κ3) is 6.76. The summed E-state index contributed by atoms with van der Waals surface area (Å²) in [5, 5.41) is 13.1. The number of hydrogen-bond acceptors (Lipinski definition) is 8. The van der Waals surface area contributed by atoms with Crippen molar-refractivity contribution >= 4 is 51.2 Å². The molecule has 0 saturated carbocycles. The first kappa shape index (κ1) is 30.0. The summed E-state index contributed by atoms with van der Waals surface area (Å²) in [4.78, 5) is 50.1. The number of non-ortho nitro benzene ring substituents is 1. The Morgan fingerprint density at radius 3 is 2.20 bits per heavy atom. The molecule has 4 aromatic rings. The van der Waals surface area contributed by atoms with Crippen molar-refractivity contribution in [2.24, 2.45) is 0 Å². The molecule has 0 spiro atoms. The largest absolute Gasteiger partial charge is 0.493 e. The number of nitro benzene ring substituents is 1. The average molecular weight is 658 g/mol. The molecule has 44 heavy (non-hydrogen) atoms. The van der Waals surface area contributed by atoms with Crippen LogP contribution in [-0.4, -0.2) is 29.9 Å². The van der Waals surface area contributed by atoms with Crippen molar-refractivity contribution in [1.29, 1.82) is 0 Å². The lowest BCUT2D eigenvalue weighted by Gasteiger charge is -2.26. The standard InChI is InChI=1S/C32H24BrN3O8/c1-42-28-17-22(16-27(33)29(28)44-19-21-7-9-24(10-8-21)36(40)41)15-26-30(37)34-32(39)35(31(26)38)23-11-13-25(14-12-23)43-18-20-5-3-2-4-6-20/h2-17H,18-19H2,1H3,(H,34,37,39)/b26-15+. The van der Waals surface area contributed by atoms with Gasteiger partial charge in [-0.3, -0.25) is 25.0 Å². The molecule has 0 bridgehead atoms. The molecule has 12 heteroatoms. The number of imide groups is 2. The minimum absolute atomic E-state index is 0.0312. The Morgan fingerprint density at radius 2 is 1.55 bits per heavy atom. The second kappa shape index (κ2) is 13.2. The molecule has 1 fully saturated rings. The molecule has 4 aromatic carbocycles. The molecule has 1 N–H and O–H groups in total. The highest BCUT2D eigenvalue weighted by Gasteiger charge is 2.37. The van der Waals surface area contributed by atoms with E-state index < -0.39 is 22.8 Å². The third-order valence-electron chi connectivity index (χ3n) is 6.54. The quantitative estimate of drug-likeness (QED) is 0.0922. The van der Waals surface area contributed by atoms with E-state index in [2.05, 4.69) is 21.2 Å². The van der Waals surface area contributed by atoms with E-state index in [4.69, 9.17) is 14.2 Å². The molecule has 1 saturated heterocycles. The molecular weight excluding hydrogens is 634 g/mol. The number of carbonyl (C=O) groups excluding carboxylic acids is 3. The monoisotopic (exact) mass is 657 g/mol. The van der Waals surface area contributed by atoms with Crippen LogP contribution in [0.5, 0.6) is 17.2 Å². The Balaban J connectivity index is 1.33. The maximum Gasteiger partial charge on any atom is 0.335 e. The molecule has 5 rings (SSSR count). The Bertz CT molecular complexity index is 1760. The van der Waals surface area contributed by atoms with Gasteiger partial charge in [0.15, 0.2) is 11.5 Å². The minimum atomic E-state index is -0.871. The second-order valence-electron chi connectivity index (χ2n) is 9.47. The summed E-state index contributed by atoms with van der Waals surface area (Å²) in [6.45, 7) is 0.450. The Morgan fingerprint density at radius 1 is 0.886 bits per heavy atom. The first-order chi connectivity index (χ1) is 21.2. The number of hydrogen-bond donors (Lipinski definition) is 1. The molecule has 0 aromatic heterocycles. The van der Waals surface area contributed by atoms with Gasteiger partial charge >= 0.3 is 6.03 Å². The molecule has 0 aliphatic carbocycles. The van der Waals surface area contributed by atoms with E-state index >= 15 is 0 Å². The first-order valence-electron chi connectivity index (χ1n) is 13.2. The predicted octanol–water partition coefficient (Wildman–Crippen LogP) is 6.19. The maximum absolute atomic E-state index is 13.4. The lowest BCUT2D eigenvalue weighted by Crippen LogP contribution is -2.54. The van der Waals surface area contributed by atoms with E-state index in [9.17, 15) is 24.5 Å². The normalized spacial score (nSPS) is 13.9. The topological polar surface area (TPSA) is 137 Å². The van der Waals surface area contributed by atoms with Gasteiger partial charge in [0.05, 0.1) is 22.2 Å². The second-order valence-corrected chi connectivity index (χ2v) is 10.3. The fourth-order valence-electron chi connectivity index (χ4n) is 4.32. The van der Waals surface area contributed by atoms with Crippen molar-refractivity contribution in [3.8, 4) is 17.2 Å². The molecule has 1 heterocycles. The lowest BCUT2D eigenvalue weighted by atomic mass is 10.1. The number of nitrogens with one attached hydrogen (secondary N) is 1. The number of ether oxygens (including phenoxy) is 3. The van der Waals surface area contributed by atoms with Crippen LogP contribution < -0.4 is 24.4 Å². The summed E-state index contributed by atoms with van der Waals surface area (Å²) < 4.78 is 17.6. The van der Waals surface area contributed by atoms with Crippen molar-refractivity contribution in [1.82, 2.24) is 5.32 Å². The zero-order chi connectivity index (χ0) is 31.2. The highest BCUT2D eigenvalue weighted by molar-refractivity contribution is 9.10. The van der Waals surface area contributed by atoms with Crippen LogP contribution in [0.1, 0.15) is 16.7 Å². The fourth-order valence-corrected chi connectivity index (χ4v) is 4.90. The maximum atomic E-state index is 13.4. The number of barbiturate groups is 1. The fraction of sp³-hybridized carbons (Fsp3) is 0.0938. The summed E-state index contributed by atoms with van der Waals surface area (Å²) in [5.74, 6) is -0.449. The predicted molar refractivity (Wildman–Crippen MR) is 164 cm³/mol. The number of halogens is 1. The van der Waals surface area contributed by atoms with Crippen LogP contribution in [0, 0.1) is 10.1 Å².